The van der Waals surface area contributed by atoms with Crippen LogP contribution >= 0.6 is 0 Å². The molecule has 2 aromatic rings. The van der Waals surface area contributed by atoms with Gasteiger partial charge in [-0.15, -0.1) is 0 Å². The smallest absolute Gasteiger partial charge is 0.243 e. The molecule has 0 unspecified atom stereocenters. The highest BCUT2D eigenvalue weighted by Crippen LogP contribution is 2.37. The predicted molar refractivity (Wildman–Crippen MR) is 90.9 cm³/mol. The van der Waals surface area contributed by atoms with Crippen molar-refractivity contribution in [2.75, 3.05) is 30.6 Å². The van der Waals surface area contributed by atoms with E-state index in [4.69, 9.17) is 9.47 Å². The Labute approximate surface area is 144 Å². The van der Waals surface area contributed by atoms with Crippen LogP contribution in [-0.2, 0) is 4.79 Å². The van der Waals surface area contributed by atoms with Crippen molar-refractivity contribution in [3.63, 3.8) is 0 Å². The average Bonchev–Trinajstić information content (AvgIpc) is 3.01. The highest BCUT2D eigenvalue weighted by atomic mass is 19.1. The molecule has 1 heterocycles. The lowest BCUT2D eigenvalue weighted by atomic mass is 10.1. The summed E-state index contributed by atoms with van der Waals surface area (Å²) in [6.45, 7) is 1.53. The van der Waals surface area contributed by atoms with Gasteiger partial charge in [-0.25, -0.2) is 4.39 Å². The normalized spacial score (nSPS) is 12.0. The van der Waals surface area contributed by atoms with Gasteiger partial charge in [-0.3, -0.25) is 9.59 Å². The molecule has 0 saturated heterocycles. The fraction of sp³-hybridized carbons (Fsp3) is 0.222. The summed E-state index contributed by atoms with van der Waals surface area (Å²) in [6, 6.07) is 8.97. The third kappa shape index (κ3) is 3.71. The minimum absolute atomic E-state index is 0.0391. The zero-order chi connectivity index (χ0) is 18.0. The van der Waals surface area contributed by atoms with Crippen molar-refractivity contribution in [3.05, 3.63) is 47.8 Å². The summed E-state index contributed by atoms with van der Waals surface area (Å²) in [6.07, 6.45) is 0. The van der Waals surface area contributed by atoms with Crippen molar-refractivity contribution in [1.82, 2.24) is 0 Å². The Balaban J connectivity index is 1.74. The Bertz CT molecular complexity index is 821. The maximum atomic E-state index is 13.0. The van der Waals surface area contributed by atoms with Crippen molar-refractivity contribution in [1.29, 1.82) is 0 Å². The lowest BCUT2D eigenvalue weighted by Crippen LogP contribution is -2.30. The van der Waals surface area contributed by atoms with Gasteiger partial charge in [0.1, 0.15) is 5.82 Å². The molecule has 0 saturated carbocycles. The van der Waals surface area contributed by atoms with Gasteiger partial charge in [-0.1, -0.05) is 0 Å². The van der Waals surface area contributed by atoms with Crippen LogP contribution in [0.2, 0.25) is 0 Å². The first-order chi connectivity index (χ1) is 11.9. The zero-order valence-corrected chi connectivity index (χ0v) is 13.8. The van der Waals surface area contributed by atoms with Crippen LogP contribution in [0, 0.1) is 5.82 Å². The summed E-state index contributed by atoms with van der Waals surface area (Å²) in [5.41, 5.74) is 1.42. The number of halogens is 1. The minimum atomic E-state index is -0.340. The molecule has 130 valence electrons. The molecule has 0 aromatic heterocycles. The molecule has 25 heavy (non-hydrogen) atoms. The largest absolute Gasteiger partial charge is 0.454 e. The lowest BCUT2D eigenvalue weighted by Gasteiger charge is -2.19. The van der Waals surface area contributed by atoms with Crippen molar-refractivity contribution in [2.45, 2.75) is 6.92 Å². The average molecular weight is 344 g/mol. The van der Waals surface area contributed by atoms with E-state index in [0.717, 1.165) is 0 Å². The van der Waals surface area contributed by atoms with Gasteiger partial charge in [0.15, 0.2) is 17.3 Å². The second-order valence-electron chi connectivity index (χ2n) is 5.69. The number of fused-ring (bicyclic) bond motifs is 1. The van der Waals surface area contributed by atoms with Gasteiger partial charge in [0, 0.05) is 24.4 Å². The second kappa shape index (κ2) is 6.80. The van der Waals surface area contributed by atoms with Crippen LogP contribution in [0.15, 0.2) is 36.4 Å². The van der Waals surface area contributed by atoms with Gasteiger partial charge in [0.05, 0.1) is 12.2 Å². The standard InChI is InChI=1S/C18H17FN2O4/c1-11(22)14-7-16-17(25-10-24-16)8-15(14)20-18(23)9-21(2)13-5-3-12(19)4-6-13/h3-8H,9-10H2,1-2H3,(H,20,23). The number of ketones is 1. The molecule has 0 fully saturated rings. The number of carbonyl (C=O) groups is 2. The van der Waals surface area contributed by atoms with Crippen molar-refractivity contribution < 1.29 is 23.5 Å². The number of rotatable bonds is 5. The van der Waals surface area contributed by atoms with E-state index in [-0.39, 0.29) is 30.8 Å². The van der Waals surface area contributed by atoms with Gasteiger partial charge in [-0.2, -0.15) is 0 Å². The fourth-order valence-electron chi connectivity index (χ4n) is 2.53. The van der Waals surface area contributed by atoms with Crippen molar-refractivity contribution in [3.8, 4) is 11.5 Å². The molecule has 1 N–H and O–H groups in total. The fourth-order valence-corrected chi connectivity index (χ4v) is 2.53. The van der Waals surface area contributed by atoms with Crippen LogP contribution in [0.1, 0.15) is 17.3 Å². The number of ether oxygens (including phenoxy) is 2. The summed E-state index contributed by atoms with van der Waals surface area (Å²) in [4.78, 5) is 25.8. The third-order valence-electron chi connectivity index (χ3n) is 3.81. The van der Waals surface area contributed by atoms with E-state index in [1.807, 2.05) is 0 Å². The number of anilines is 2. The highest BCUT2D eigenvalue weighted by Gasteiger charge is 2.20. The Morgan fingerprint density at radius 2 is 1.80 bits per heavy atom. The van der Waals surface area contributed by atoms with E-state index in [9.17, 15) is 14.0 Å². The van der Waals surface area contributed by atoms with Crippen LogP contribution < -0.4 is 19.7 Å². The van der Waals surface area contributed by atoms with Gasteiger partial charge < -0.3 is 19.7 Å². The first-order valence-electron chi connectivity index (χ1n) is 7.65. The maximum Gasteiger partial charge on any atom is 0.243 e. The molecule has 1 amide bonds. The number of nitrogens with zero attached hydrogens (tertiary/aromatic N) is 1. The van der Waals surface area contributed by atoms with Gasteiger partial charge >= 0.3 is 0 Å². The van der Waals surface area contributed by atoms with Crippen LogP contribution in [0.5, 0.6) is 11.5 Å². The topological polar surface area (TPSA) is 67.9 Å². The summed E-state index contributed by atoms with van der Waals surface area (Å²) < 4.78 is 23.5. The SMILES string of the molecule is CC(=O)c1cc2c(cc1NC(=O)CN(C)c1ccc(F)cc1)OCO2. The van der Waals surface area contributed by atoms with Gasteiger partial charge in [0.25, 0.3) is 0 Å². The molecule has 3 rings (SSSR count). The van der Waals surface area contributed by atoms with Crippen LogP contribution in [0.4, 0.5) is 15.8 Å². The number of hydrogen-bond donors (Lipinski definition) is 1. The Morgan fingerprint density at radius 1 is 1.16 bits per heavy atom. The van der Waals surface area contributed by atoms with Gasteiger partial charge in [0.2, 0.25) is 12.7 Å². The van der Waals surface area contributed by atoms with Crippen LogP contribution in [-0.4, -0.2) is 32.1 Å². The molecule has 0 atom stereocenters. The Kier molecular flexibility index (Phi) is 4.56. The van der Waals surface area contributed by atoms with E-state index in [1.54, 1.807) is 36.2 Å². The third-order valence-corrected chi connectivity index (χ3v) is 3.81. The molecule has 2 aromatic carbocycles. The van der Waals surface area contributed by atoms with E-state index in [0.29, 0.717) is 28.4 Å². The molecule has 0 aliphatic carbocycles. The first kappa shape index (κ1) is 16.8. The van der Waals surface area contributed by atoms with E-state index >= 15 is 0 Å². The number of hydrogen-bond acceptors (Lipinski definition) is 5. The quantitative estimate of drug-likeness (QED) is 0.845. The first-order valence-corrected chi connectivity index (χ1v) is 7.65. The van der Waals surface area contributed by atoms with E-state index < -0.39 is 0 Å². The molecular weight excluding hydrogens is 327 g/mol. The monoisotopic (exact) mass is 344 g/mol. The second-order valence-corrected chi connectivity index (χ2v) is 5.69. The lowest BCUT2D eigenvalue weighted by molar-refractivity contribution is -0.114. The summed E-state index contributed by atoms with van der Waals surface area (Å²) in [7, 11) is 1.72. The molecule has 6 nitrogen and oxygen atoms in total. The highest BCUT2D eigenvalue weighted by molar-refractivity contribution is 6.05. The number of benzene rings is 2. The number of amides is 1. The maximum absolute atomic E-state index is 13.0. The van der Waals surface area contributed by atoms with E-state index in [2.05, 4.69) is 5.32 Å². The number of likely N-dealkylation sites (N-methyl/N-ethyl adjacent to an activating group) is 1. The molecule has 0 bridgehead atoms. The van der Waals surface area contributed by atoms with Gasteiger partial charge in [-0.05, 0) is 37.3 Å². The Morgan fingerprint density at radius 3 is 2.44 bits per heavy atom. The Hall–Kier alpha value is -3.09. The summed E-state index contributed by atoms with van der Waals surface area (Å²) in [5, 5.41) is 2.72. The van der Waals surface area contributed by atoms with Crippen LogP contribution in [0.3, 0.4) is 0 Å². The summed E-state index contributed by atoms with van der Waals surface area (Å²) >= 11 is 0. The zero-order valence-electron chi connectivity index (χ0n) is 13.8. The molecule has 0 radical (unpaired) electrons. The molecule has 1 aliphatic heterocycles. The minimum Gasteiger partial charge on any atom is -0.454 e. The molecule has 7 heteroatoms. The van der Waals surface area contributed by atoms with Crippen molar-refractivity contribution >= 4 is 23.1 Å². The number of nitrogens with one attached hydrogen (secondary N) is 1. The number of carbonyl (C=O) groups excluding carboxylic acids is 2. The van der Waals surface area contributed by atoms with Crippen molar-refractivity contribution in [2.24, 2.45) is 0 Å². The number of Topliss-reactive ketones (excluding diaryl/α,β-unsaturated/α-hetero) is 1. The van der Waals surface area contributed by atoms with E-state index in [1.165, 1.54) is 19.1 Å². The molecule has 1 aliphatic rings. The summed E-state index contributed by atoms with van der Waals surface area (Å²) in [5.74, 6) is 0.112. The molecular formula is C18H17FN2O4. The predicted octanol–water partition coefficient (Wildman–Crippen LogP) is 2.83. The molecule has 0 spiro atoms. The van der Waals surface area contributed by atoms with Crippen LogP contribution in [0.25, 0.3) is 0 Å².